The number of nitrogens with zero attached hydrogens (tertiary/aromatic N) is 3. The molecule has 1 aromatic carbocycles. The van der Waals surface area contributed by atoms with E-state index in [1.54, 1.807) is 25.6 Å². The summed E-state index contributed by atoms with van der Waals surface area (Å²) in [6, 6.07) is 5.74. The van der Waals surface area contributed by atoms with Crippen LogP contribution in [0.4, 0.5) is 0 Å². The zero-order valence-corrected chi connectivity index (χ0v) is 19.7. The highest BCUT2D eigenvalue weighted by molar-refractivity contribution is 7.18. The van der Waals surface area contributed by atoms with E-state index in [4.69, 9.17) is 14.5 Å². The van der Waals surface area contributed by atoms with Gasteiger partial charge >= 0.3 is 0 Å². The van der Waals surface area contributed by atoms with Gasteiger partial charge in [-0.25, -0.2) is 4.98 Å². The van der Waals surface area contributed by atoms with Crippen molar-refractivity contribution in [3.63, 3.8) is 0 Å². The standard InChI is InChI=1S/C24H31N3O3S/c1-5-26(6-2)13-14-27-22(16-11-12-18(29-3)19(15-16)30-4)25-23-21(24(27)28)17-9-7-8-10-20(17)31-23/h11-12,15H,5-10,13-14H2,1-4H3. The second-order valence-corrected chi connectivity index (χ2v) is 8.96. The Kier molecular flexibility index (Phi) is 6.62. The van der Waals surface area contributed by atoms with Crippen molar-refractivity contribution >= 4 is 21.6 Å². The van der Waals surface area contributed by atoms with Crippen LogP contribution in [0.15, 0.2) is 23.0 Å². The molecule has 0 N–H and O–H groups in total. The molecular formula is C24H31N3O3S. The Morgan fingerprint density at radius 3 is 2.55 bits per heavy atom. The van der Waals surface area contributed by atoms with E-state index in [9.17, 15) is 4.79 Å². The number of thiophene rings is 1. The minimum Gasteiger partial charge on any atom is -0.493 e. The molecule has 1 aliphatic rings. The summed E-state index contributed by atoms with van der Waals surface area (Å²) in [6.45, 7) is 7.64. The lowest BCUT2D eigenvalue weighted by atomic mass is 9.97. The molecule has 4 rings (SSSR count). The smallest absolute Gasteiger partial charge is 0.262 e. The van der Waals surface area contributed by atoms with Crippen LogP contribution in [0, 0.1) is 0 Å². The van der Waals surface area contributed by atoms with Crippen LogP contribution >= 0.6 is 11.3 Å². The molecule has 6 nitrogen and oxygen atoms in total. The van der Waals surface area contributed by atoms with Gasteiger partial charge < -0.3 is 14.4 Å². The maximum absolute atomic E-state index is 13.8. The third-order valence-electron chi connectivity index (χ3n) is 6.25. The van der Waals surface area contributed by atoms with E-state index in [1.807, 2.05) is 22.8 Å². The molecule has 0 saturated carbocycles. The van der Waals surface area contributed by atoms with Gasteiger partial charge in [-0.3, -0.25) is 9.36 Å². The molecule has 1 aliphatic carbocycles. The summed E-state index contributed by atoms with van der Waals surface area (Å²) in [6.07, 6.45) is 4.38. The molecule has 0 unspecified atom stereocenters. The lowest BCUT2D eigenvalue weighted by molar-refractivity contribution is 0.289. The summed E-state index contributed by atoms with van der Waals surface area (Å²) in [5, 5.41) is 0.837. The number of ether oxygens (including phenoxy) is 2. The zero-order valence-electron chi connectivity index (χ0n) is 18.9. The lowest BCUT2D eigenvalue weighted by Gasteiger charge is -2.20. The summed E-state index contributed by atoms with van der Waals surface area (Å²) in [4.78, 5) is 23.3. The van der Waals surface area contributed by atoms with Gasteiger partial charge in [0, 0.05) is 23.5 Å². The first-order valence-corrected chi connectivity index (χ1v) is 11.9. The van der Waals surface area contributed by atoms with Crippen molar-refractivity contribution in [2.75, 3.05) is 33.9 Å². The Morgan fingerprint density at radius 1 is 1.10 bits per heavy atom. The van der Waals surface area contributed by atoms with Gasteiger partial charge in [0.05, 0.1) is 19.6 Å². The van der Waals surface area contributed by atoms with Crippen molar-refractivity contribution in [3.8, 4) is 22.9 Å². The van der Waals surface area contributed by atoms with Crippen LogP contribution in [-0.4, -0.2) is 48.3 Å². The van der Waals surface area contributed by atoms with Gasteiger partial charge in [0.1, 0.15) is 10.7 Å². The Labute approximate surface area is 187 Å². The fourth-order valence-electron chi connectivity index (χ4n) is 4.42. The lowest BCUT2D eigenvalue weighted by Crippen LogP contribution is -2.32. The number of methoxy groups -OCH3 is 2. The first-order valence-electron chi connectivity index (χ1n) is 11.1. The molecule has 0 saturated heterocycles. The number of hydrogen-bond donors (Lipinski definition) is 0. The van der Waals surface area contributed by atoms with E-state index in [2.05, 4.69) is 18.7 Å². The number of hydrogen-bond acceptors (Lipinski definition) is 6. The second kappa shape index (κ2) is 9.40. The predicted molar refractivity (Wildman–Crippen MR) is 127 cm³/mol. The Balaban J connectivity index is 1.90. The van der Waals surface area contributed by atoms with Crippen LogP contribution in [-0.2, 0) is 19.4 Å². The van der Waals surface area contributed by atoms with Gasteiger partial charge in [-0.15, -0.1) is 11.3 Å². The molecule has 31 heavy (non-hydrogen) atoms. The van der Waals surface area contributed by atoms with E-state index in [1.165, 1.54) is 16.9 Å². The van der Waals surface area contributed by atoms with Crippen molar-refractivity contribution in [1.29, 1.82) is 0 Å². The largest absolute Gasteiger partial charge is 0.493 e. The van der Waals surface area contributed by atoms with Crippen molar-refractivity contribution in [3.05, 3.63) is 39.0 Å². The molecule has 3 aromatic rings. The fourth-order valence-corrected chi connectivity index (χ4v) is 5.67. The van der Waals surface area contributed by atoms with Crippen molar-refractivity contribution in [1.82, 2.24) is 14.5 Å². The molecule has 2 heterocycles. The molecule has 0 fully saturated rings. The molecule has 0 bridgehead atoms. The van der Waals surface area contributed by atoms with Crippen molar-refractivity contribution < 1.29 is 9.47 Å². The maximum Gasteiger partial charge on any atom is 0.262 e. The fraction of sp³-hybridized carbons (Fsp3) is 0.500. The van der Waals surface area contributed by atoms with Crippen LogP contribution in [0.3, 0.4) is 0 Å². The molecule has 0 atom stereocenters. The van der Waals surface area contributed by atoms with E-state index in [0.29, 0.717) is 23.9 Å². The SMILES string of the molecule is CCN(CC)CCn1c(-c2ccc(OC)c(OC)c2)nc2sc3c(c2c1=O)CCCC3. The normalized spacial score (nSPS) is 13.6. The van der Waals surface area contributed by atoms with Crippen molar-refractivity contribution in [2.24, 2.45) is 0 Å². The highest BCUT2D eigenvalue weighted by Crippen LogP contribution is 2.36. The van der Waals surface area contributed by atoms with E-state index in [0.717, 1.165) is 54.7 Å². The predicted octanol–water partition coefficient (Wildman–Crippen LogP) is 4.36. The number of likely N-dealkylation sites (N-methyl/N-ethyl adjacent to an activating group) is 1. The summed E-state index contributed by atoms with van der Waals surface area (Å²) in [7, 11) is 3.25. The third-order valence-corrected chi connectivity index (χ3v) is 7.44. The van der Waals surface area contributed by atoms with Gasteiger partial charge in [0.25, 0.3) is 5.56 Å². The number of fused-ring (bicyclic) bond motifs is 3. The van der Waals surface area contributed by atoms with Crippen LogP contribution in [0.25, 0.3) is 21.6 Å². The zero-order chi connectivity index (χ0) is 22.0. The van der Waals surface area contributed by atoms with Crippen LogP contribution in [0.2, 0.25) is 0 Å². The summed E-state index contributed by atoms with van der Waals surface area (Å²) < 4.78 is 12.8. The summed E-state index contributed by atoms with van der Waals surface area (Å²) in [5.41, 5.74) is 2.18. The van der Waals surface area contributed by atoms with Crippen LogP contribution in [0.5, 0.6) is 11.5 Å². The first-order chi connectivity index (χ1) is 15.1. The Morgan fingerprint density at radius 2 is 1.84 bits per heavy atom. The van der Waals surface area contributed by atoms with E-state index < -0.39 is 0 Å². The molecule has 0 spiro atoms. The van der Waals surface area contributed by atoms with Crippen LogP contribution < -0.4 is 15.0 Å². The average molecular weight is 442 g/mol. The third kappa shape index (κ3) is 4.08. The average Bonchev–Trinajstić information content (AvgIpc) is 3.19. The highest BCUT2D eigenvalue weighted by Gasteiger charge is 2.23. The van der Waals surface area contributed by atoms with Gasteiger partial charge in [-0.1, -0.05) is 13.8 Å². The molecule has 2 aromatic heterocycles. The van der Waals surface area contributed by atoms with Gasteiger partial charge in [-0.05, 0) is 62.5 Å². The highest BCUT2D eigenvalue weighted by atomic mass is 32.1. The Hall–Kier alpha value is -2.38. The maximum atomic E-state index is 13.8. The first kappa shape index (κ1) is 21.8. The molecule has 7 heteroatoms. The summed E-state index contributed by atoms with van der Waals surface area (Å²) in [5.74, 6) is 2.00. The monoisotopic (exact) mass is 441 g/mol. The number of benzene rings is 1. The second-order valence-electron chi connectivity index (χ2n) is 7.88. The van der Waals surface area contributed by atoms with Gasteiger partial charge in [0.2, 0.25) is 0 Å². The van der Waals surface area contributed by atoms with E-state index >= 15 is 0 Å². The number of aryl methyl sites for hydroxylation is 2. The number of rotatable bonds is 8. The number of aromatic nitrogens is 2. The van der Waals surface area contributed by atoms with Crippen LogP contribution in [0.1, 0.15) is 37.1 Å². The summed E-state index contributed by atoms with van der Waals surface area (Å²) >= 11 is 1.69. The quantitative estimate of drug-likeness (QED) is 0.520. The molecule has 166 valence electrons. The minimum atomic E-state index is 0.0846. The molecule has 0 aliphatic heterocycles. The minimum absolute atomic E-state index is 0.0846. The van der Waals surface area contributed by atoms with Gasteiger partial charge in [-0.2, -0.15) is 0 Å². The van der Waals surface area contributed by atoms with Crippen molar-refractivity contribution in [2.45, 2.75) is 46.1 Å². The Bertz CT molecular complexity index is 1130. The van der Waals surface area contributed by atoms with E-state index in [-0.39, 0.29) is 5.56 Å². The molecule has 0 radical (unpaired) electrons. The topological polar surface area (TPSA) is 56.6 Å². The molecule has 0 amide bonds. The van der Waals surface area contributed by atoms with Gasteiger partial charge in [0.15, 0.2) is 11.5 Å². The molecular weight excluding hydrogens is 410 g/mol.